The summed E-state index contributed by atoms with van der Waals surface area (Å²) < 4.78 is 7.58. The van der Waals surface area contributed by atoms with Crippen LogP contribution in [0.15, 0.2) is 52.2 Å². The Morgan fingerprint density at radius 3 is 2.53 bits per heavy atom. The molecule has 168 valence electrons. The molecule has 1 N–H and O–H groups in total. The molecule has 0 spiro atoms. The number of Topliss-reactive ketones (excluding diaryl/α,β-unsaturated/α-hetero) is 1. The van der Waals surface area contributed by atoms with E-state index in [0.29, 0.717) is 23.0 Å². The molecule has 1 aliphatic heterocycles. The van der Waals surface area contributed by atoms with E-state index in [2.05, 4.69) is 20.4 Å². The topological polar surface area (TPSA) is 93.3 Å². The maximum Gasteiger partial charge on any atom is 0.237 e. The number of thioether (sulfide) groups is 1. The number of furan rings is 1. The second-order valence-corrected chi connectivity index (χ2v) is 9.19. The van der Waals surface area contributed by atoms with Crippen LogP contribution in [0, 0.1) is 0 Å². The maximum atomic E-state index is 12.8. The Hall–Kier alpha value is -3.07. The lowest BCUT2D eigenvalue weighted by Crippen LogP contribution is -2.32. The van der Waals surface area contributed by atoms with E-state index in [1.54, 1.807) is 30.5 Å². The summed E-state index contributed by atoms with van der Waals surface area (Å²) in [5, 5.41) is 12.1. The molecule has 3 aromatic rings. The van der Waals surface area contributed by atoms with Gasteiger partial charge in [-0.3, -0.25) is 14.2 Å². The largest absolute Gasteiger partial charge is 0.467 e. The Balaban J connectivity index is 1.48. The lowest BCUT2D eigenvalue weighted by atomic mass is 10.1. The van der Waals surface area contributed by atoms with E-state index >= 15 is 0 Å². The van der Waals surface area contributed by atoms with Crippen molar-refractivity contribution >= 4 is 35.1 Å². The number of nitrogens with zero attached hydrogens (tertiary/aromatic N) is 4. The molecule has 3 heterocycles. The summed E-state index contributed by atoms with van der Waals surface area (Å²) >= 11 is 1.37. The van der Waals surface area contributed by atoms with Gasteiger partial charge in [-0.2, -0.15) is 0 Å². The summed E-state index contributed by atoms with van der Waals surface area (Å²) in [5.41, 5.74) is 1.26. The van der Waals surface area contributed by atoms with Crippen molar-refractivity contribution < 1.29 is 14.0 Å². The number of piperidine rings is 1. The number of anilines is 2. The minimum absolute atomic E-state index is 0.00722. The Labute approximate surface area is 191 Å². The van der Waals surface area contributed by atoms with Crippen molar-refractivity contribution in [3.63, 3.8) is 0 Å². The van der Waals surface area contributed by atoms with Crippen LogP contribution in [0.3, 0.4) is 0 Å². The molecule has 0 radical (unpaired) electrons. The fraction of sp³-hybridized carbons (Fsp3) is 0.391. The van der Waals surface area contributed by atoms with E-state index in [0.717, 1.165) is 37.6 Å². The first kappa shape index (κ1) is 22.1. The highest BCUT2D eigenvalue weighted by Gasteiger charge is 2.24. The van der Waals surface area contributed by atoms with Crippen molar-refractivity contribution in [2.24, 2.45) is 0 Å². The van der Waals surface area contributed by atoms with E-state index < -0.39 is 5.25 Å². The van der Waals surface area contributed by atoms with Crippen LogP contribution in [-0.2, 0) is 11.3 Å². The van der Waals surface area contributed by atoms with E-state index in [4.69, 9.17) is 4.42 Å². The summed E-state index contributed by atoms with van der Waals surface area (Å²) in [6.07, 6.45) is 5.16. The monoisotopic (exact) mass is 453 g/mol. The molecule has 1 atom stereocenters. The predicted molar refractivity (Wildman–Crippen MR) is 124 cm³/mol. The van der Waals surface area contributed by atoms with E-state index in [1.807, 2.05) is 23.6 Å². The van der Waals surface area contributed by atoms with E-state index in [9.17, 15) is 9.59 Å². The molecular weight excluding hydrogens is 426 g/mol. The van der Waals surface area contributed by atoms with Crippen molar-refractivity contribution in [3.8, 4) is 0 Å². The van der Waals surface area contributed by atoms with Crippen molar-refractivity contribution in [2.75, 3.05) is 23.3 Å². The molecule has 0 bridgehead atoms. The first-order valence-electron chi connectivity index (χ1n) is 10.8. The number of carbonyl (C=O) groups excluding carboxylic acids is 2. The SMILES string of the molecule is CC(=O)c1ccc(NC(=O)C(C)Sc2nnc(N3CCCCC3)n2Cc2ccco2)cc1. The van der Waals surface area contributed by atoms with Gasteiger partial charge in [0, 0.05) is 24.3 Å². The Kier molecular flexibility index (Phi) is 6.94. The Morgan fingerprint density at radius 2 is 1.88 bits per heavy atom. The highest BCUT2D eigenvalue weighted by atomic mass is 32.2. The van der Waals surface area contributed by atoms with Gasteiger partial charge >= 0.3 is 0 Å². The number of rotatable bonds is 8. The van der Waals surface area contributed by atoms with Crippen molar-refractivity contribution in [3.05, 3.63) is 54.0 Å². The van der Waals surface area contributed by atoms with Crippen LogP contribution in [0.1, 0.15) is 49.2 Å². The van der Waals surface area contributed by atoms with Crippen LogP contribution in [-0.4, -0.2) is 44.8 Å². The highest BCUT2D eigenvalue weighted by Crippen LogP contribution is 2.29. The Morgan fingerprint density at radius 1 is 1.12 bits per heavy atom. The molecule has 1 fully saturated rings. The minimum Gasteiger partial charge on any atom is -0.467 e. The van der Waals surface area contributed by atoms with E-state index in [-0.39, 0.29) is 11.7 Å². The molecule has 2 aromatic heterocycles. The number of benzene rings is 1. The zero-order valence-electron chi connectivity index (χ0n) is 18.3. The van der Waals surface area contributed by atoms with Gasteiger partial charge in [-0.1, -0.05) is 11.8 Å². The molecule has 0 aliphatic carbocycles. The standard InChI is InChI=1S/C23H27N5O3S/c1-16(29)18-8-10-19(11-9-18)24-21(30)17(2)32-23-26-25-22(27-12-4-3-5-13-27)28(23)15-20-7-6-14-31-20/h6-11,14,17H,3-5,12-13,15H2,1-2H3,(H,24,30). The molecule has 1 amide bonds. The molecular formula is C23H27N5O3S. The van der Waals surface area contributed by atoms with Crippen molar-refractivity contribution in [1.82, 2.24) is 14.8 Å². The lowest BCUT2D eigenvalue weighted by molar-refractivity contribution is -0.115. The summed E-state index contributed by atoms with van der Waals surface area (Å²) in [5.74, 6) is 1.48. The number of carbonyl (C=O) groups is 2. The average Bonchev–Trinajstić information content (AvgIpc) is 3.45. The van der Waals surface area contributed by atoms with Crippen LogP contribution in [0.25, 0.3) is 0 Å². The van der Waals surface area contributed by atoms with Gasteiger partial charge in [0.15, 0.2) is 10.9 Å². The van der Waals surface area contributed by atoms with Gasteiger partial charge in [0.2, 0.25) is 11.9 Å². The fourth-order valence-electron chi connectivity index (χ4n) is 3.64. The quantitative estimate of drug-likeness (QED) is 0.403. The van der Waals surface area contributed by atoms with Crippen LogP contribution in [0.4, 0.5) is 11.6 Å². The maximum absolute atomic E-state index is 12.8. The molecule has 9 heteroatoms. The number of aromatic nitrogens is 3. The number of hydrogen-bond acceptors (Lipinski definition) is 7. The van der Waals surface area contributed by atoms with Gasteiger partial charge in [-0.05, 0) is 69.5 Å². The summed E-state index contributed by atoms with van der Waals surface area (Å²) in [4.78, 5) is 26.5. The molecule has 8 nitrogen and oxygen atoms in total. The Bertz CT molecular complexity index is 1060. The fourth-order valence-corrected chi connectivity index (χ4v) is 4.48. The first-order valence-corrected chi connectivity index (χ1v) is 11.7. The van der Waals surface area contributed by atoms with Crippen LogP contribution >= 0.6 is 11.8 Å². The lowest BCUT2D eigenvalue weighted by Gasteiger charge is -2.27. The van der Waals surface area contributed by atoms with Crippen molar-refractivity contribution in [1.29, 1.82) is 0 Å². The molecule has 1 unspecified atom stereocenters. The minimum atomic E-state index is -0.392. The van der Waals surface area contributed by atoms with Gasteiger partial charge in [0.05, 0.1) is 18.1 Å². The number of ketones is 1. The second-order valence-electron chi connectivity index (χ2n) is 7.88. The molecule has 1 aromatic carbocycles. The molecule has 0 saturated carbocycles. The molecule has 1 aliphatic rings. The third-order valence-corrected chi connectivity index (χ3v) is 6.52. The third-order valence-electron chi connectivity index (χ3n) is 5.44. The molecule has 4 rings (SSSR count). The summed E-state index contributed by atoms with van der Waals surface area (Å²) in [6, 6.07) is 10.7. The molecule has 32 heavy (non-hydrogen) atoms. The predicted octanol–water partition coefficient (Wildman–Crippen LogP) is 4.23. The summed E-state index contributed by atoms with van der Waals surface area (Å²) in [6.45, 7) is 5.77. The zero-order valence-corrected chi connectivity index (χ0v) is 19.1. The van der Waals surface area contributed by atoms with Crippen LogP contribution in [0.5, 0.6) is 0 Å². The average molecular weight is 454 g/mol. The van der Waals surface area contributed by atoms with Gasteiger partial charge in [0.1, 0.15) is 5.76 Å². The van der Waals surface area contributed by atoms with Gasteiger partial charge < -0.3 is 14.6 Å². The first-order chi connectivity index (χ1) is 15.5. The molecule has 1 saturated heterocycles. The van der Waals surface area contributed by atoms with Crippen LogP contribution < -0.4 is 10.2 Å². The van der Waals surface area contributed by atoms with Crippen LogP contribution in [0.2, 0.25) is 0 Å². The summed E-state index contributed by atoms with van der Waals surface area (Å²) in [7, 11) is 0. The normalized spacial score (nSPS) is 14.9. The number of amides is 1. The number of hydrogen-bond donors (Lipinski definition) is 1. The van der Waals surface area contributed by atoms with Gasteiger partial charge in [-0.25, -0.2) is 0 Å². The smallest absolute Gasteiger partial charge is 0.237 e. The van der Waals surface area contributed by atoms with Gasteiger partial charge in [0.25, 0.3) is 0 Å². The second kappa shape index (κ2) is 10.0. The van der Waals surface area contributed by atoms with Crippen molar-refractivity contribution in [2.45, 2.75) is 50.1 Å². The highest BCUT2D eigenvalue weighted by molar-refractivity contribution is 8.00. The van der Waals surface area contributed by atoms with E-state index in [1.165, 1.54) is 25.1 Å². The third kappa shape index (κ3) is 5.21. The van der Waals surface area contributed by atoms with Gasteiger partial charge in [-0.15, -0.1) is 10.2 Å². The number of nitrogens with one attached hydrogen (secondary N) is 1. The zero-order chi connectivity index (χ0) is 22.5.